The van der Waals surface area contributed by atoms with Crippen LogP contribution >= 0.6 is 0 Å². The largest absolute Gasteiger partial charge is 0.497 e. The van der Waals surface area contributed by atoms with Crippen molar-refractivity contribution in [2.24, 2.45) is 0 Å². The Morgan fingerprint density at radius 2 is 0.785 bits per heavy atom. The molecule has 0 unspecified atom stereocenters. The second kappa shape index (κ2) is 27.0. The minimum absolute atomic E-state index is 0.0230. The van der Waals surface area contributed by atoms with Crippen molar-refractivity contribution in [2.45, 2.75) is 87.1 Å². The molecule has 0 saturated carbocycles. The number of carbonyl (C=O) groups excluding carboxylic acids is 6. The van der Waals surface area contributed by atoms with Gasteiger partial charge in [-0.3, -0.25) is 0 Å². The third-order valence-electron chi connectivity index (χ3n) is 12.8. The van der Waals surface area contributed by atoms with Crippen molar-refractivity contribution in [3.63, 3.8) is 0 Å². The second-order valence-electron chi connectivity index (χ2n) is 19.6. The molecule has 2 aliphatic rings. The third-order valence-corrected chi connectivity index (χ3v) is 14.5. The van der Waals surface area contributed by atoms with Gasteiger partial charge in [-0.15, -0.1) is 0 Å². The summed E-state index contributed by atoms with van der Waals surface area (Å²) in [6.45, 7) is 4.92. The Morgan fingerprint density at radius 3 is 1.19 bits per heavy atom. The van der Waals surface area contributed by atoms with E-state index in [-0.39, 0.29) is 40.0 Å². The highest BCUT2D eigenvalue weighted by Crippen LogP contribution is 2.37. The number of hydrogen-bond donors (Lipinski definition) is 1. The maximum atomic E-state index is 14.5. The van der Waals surface area contributed by atoms with Crippen LogP contribution in [0, 0.1) is 0 Å². The lowest BCUT2D eigenvalue weighted by molar-refractivity contribution is -0.356. The van der Waals surface area contributed by atoms with E-state index in [4.69, 9.17) is 52.1 Å². The molecule has 0 radical (unpaired) electrons. The molecule has 2 aliphatic heterocycles. The van der Waals surface area contributed by atoms with Gasteiger partial charge in [0.25, 0.3) is 0 Å². The Balaban J connectivity index is 1.27. The molecule has 2 saturated heterocycles. The molecule has 1 N–H and O–H groups in total. The van der Waals surface area contributed by atoms with Gasteiger partial charge in [-0.05, 0) is 91.0 Å². The summed E-state index contributed by atoms with van der Waals surface area (Å²) < 4.78 is 69.0. The van der Waals surface area contributed by atoms with E-state index in [9.17, 15) is 33.9 Å². The number of benzene rings is 6. The minimum Gasteiger partial charge on any atom is -0.497 e. The molecule has 0 aromatic heterocycles. The Labute approximate surface area is 457 Å². The van der Waals surface area contributed by atoms with E-state index in [1.54, 1.807) is 91.0 Å². The van der Waals surface area contributed by atoms with E-state index in [0.29, 0.717) is 11.8 Å². The lowest BCUT2D eigenvalue weighted by Crippen LogP contribution is -2.67. The summed E-state index contributed by atoms with van der Waals surface area (Å²) in [5, 5.41) is 11.2. The molecule has 0 spiro atoms. The van der Waals surface area contributed by atoms with Gasteiger partial charge in [-0.1, -0.05) is 111 Å². The number of aliphatic hydroxyl groups excluding tert-OH is 1. The molecule has 0 aliphatic carbocycles. The molecule has 79 heavy (non-hydrogen) atoms. The van der Waals surface area contributed by atoms with Crippen LogP contribution < -0.4 is 4.74 Å². The van der Waals surface area contributed by atoms with Crippen LogP contribution in [0.5, 0.6) is 5.75 Å². The average molecular weight is 1100 g/mol. The zero-order valence-electron chi connectivity index (χ0n) is 43.7. The standard InChI is InChI=1S/C60H60O18Si/c1-68-44-32-30-43(31-33-44)58(67)73-47-45(36-61)71-60(52(77-57(66)42-28-18-9-19-29-42)49(47)74-54(63)39-22-12-6-13-23-39)78-48-46(37-70-53(62)38-20-10-5-11-21-38)72-59(69-34-35-79(2,3)4)51(76-56(65)41-26-16-8-17-27-41)50(48)75-55(64)40-24-14-7-15-25-40/h5-33,45-52,59-61H,34-37H2,1-4H3/t45-,46-,47+,48-,49+,50+,51-,52-,59-,60+/m1/s1. The predicted octanol–water partition coefficient (Wildman–Crippen LogP) is 8.16. The quantitative estimate of drug-likeness (QED) is 0.0408. The molecule has 2 heterocycles. The van der Waals surface area contributed by atoms with Crippen molar-refractivity contribution in [3.05, 3.63) is 209 Å². The average Bonchev–Trinajstić information content (AvgIpc) is 3.66. The number of methoxy groups -OCH3 is 1. The third kappa shape index (κ3) is 15.2. The first kappa shape index (κ1) is 57.1. The van der Waals surface area contributed by atoms with Crippen molar-refractivity contribution >= 4 is 43.9 Å². The molecule has 8 rings (SSSR count). The van der Waals surface area contributed by atoms with Gasteiger partial charge < -0.3 is 57.2 Å². The maximum absolute atomic E-state index is 14.5. The predicted molar refractivity (Wildman–Crippen MR) is 285 cm³/mol. The zero-order valence-corrected chi connectivity index (χ0v) is 44.7. The van der Waals surface area contributed by atoms with Crippen molar-refractivity contribution in [2.75, 3.05) is 26.9 Å². The topological polar surface area (TPSA) is 224 Å². The summed E-state index contributed by atoms with van der Waals surface area (Å²) in [7, 11) is -0.366. The number of esters is 6. The van der Waals surface area contributed by atoms with Crippen LogP contribution in [0.2, 0.25) is 25.7 Å². The Hall–Kier alpha value is -8.04. The lowest BCUT2D eigenvalue weighted by Gasteiger charge is -2.48. The number of carbonyl (C=O) groups is 6. The van der Waals surface area contributed by atoms with Crippen molar-refractivity contribution in [1.29, 1.82) is 0 Å². The Morgan fingerprint density at radius 1 is 0.430 bits per heavy atom. The van der Waals surface area contributed by atoms with E-state index in [0.717, 1.165) is 0 Å². The molecular formula is C60H60O18Si. The highest BCUT2D eigenvalue weighted by atomic mass is 28.3. The number of ether oxygens (including phenoxy) is 11. The molecule has 19 heteroatoms. The fourth-order valence-electron chi connectivity index (χ4n) is 8.54. The Kier molecular flexibility index (Phi) is 19.5. The Bertz CT molecular complexity index is 2960. The maximum Gasteiger partial charge on any atom is 0.338 e. The lowest BCUT2D eigenvalue weighted by atomic mass is 9.95. The SMILES string of the molecule is COc1ccc(C(=O)O[C@@H]2[C@H](OC(=O)c3ccccc3)[C@@H](OC(=O)c3ccccc3)[C@H](O[C@H]3[C@H](OC(=O)c4ccccc4)[C@@H](OC(=O)c4ccccc4)[C@H](OCC[Si](C)(C)C)O[C@@H]3COC(=O)c3ccccc3)O[C@@H]2CO)cc1. The summed E-state index contributed by atoms with van der Waals surface area (Å²) in [6.07, 6.45) is -17.3. The van der Waals surface area contributed by atoms with Crippen LogP contribution in [0.4, 0.5) is 0 Å². The van der Waals surface area contributed by atoms with E-state index < -0.39 is 119 Å². The molecule has 0 bridgehead atoms. The van der Waals surface area contributed by atoms with Crippen molar-refractivity contribution < 1.29 is 86.0 Å². The number of hydrogen-bond acceptors (Lipinski definition) is 18. The first-order chi connectivity index (χ1) is 38.2. The molecule has 2 fully saturated rings. The number of rotatable bonds is 21. The van der Waals surface area contributed by atoms with Gasteiger partial charge in [0.15, 0.2) is 43.1 Å². The summed E-state index contributed by atoms with van der Waals surface area (Å²) >= 11 is 0. The first-order valence-electron chi connectivity index (χ1n) is 25.5. The molecular weight excluding hydrogens is 1040 g/mol. The van der Waals surface area contributed by atoms with Crippen LogP contribution in [0.1, 0.15) is 62.1 Å². The molecule has 6 aromatic rings. The summed E-state index contributed by atoms with van der Waals surface area (Å²) in [5.41, 5.74) is 0.446. The van der Waals surface area contributed by atoms with Gasteiger partial charge in [0.05, 0.1) is 47.1 Å². The smallest absolute Gasteiger partial charge is 0.338 e. The van der Waals surface area contributed by atoms with Crippen LogP contribution in [0.15, 0.2) is 176 Å². The first-order valence-corrected chi connectivity index (χ1v) is 29.2. The van der Waals surface area contributed by atoms with Gasteiger partial charge >= 0.3 is 35.8 Å². The van der Waals surface area contributed by atoms with E-state index in [2.05, 4.69) is 19.6 Å². The van der Waals surface area contributed by atoms with Gasteiger partial charge in [0.1, 0.15) is 30.7 Å². The molecule has 18 nitrogen and oxygen atoms in total. The van der Waals surface area contributed by atoms with E-state index >= 15 is 0 Å². The van der Waals surface area contributed by atoms with E-state index in [1.165, 1.54) is 92.0 Å². The summed E-state index contributed by atoms with van der Waals surface area (Å²) in [4.78, 5) is 85.4. The highest BCUT2D eigenvalue weighted by Gasteiger charge is 2.58. The monoisotopic (exact) mass is 1100 g/mol. The van der Waals surface area contributed by atoms with Crippen LogP contribution in [0.3, 0.4) is 0 Å². The molecule has 0 amide bonds. The van der Waals surface area contributed by atoms with E-state index in [1.807, 2.05) is 0 Å². The minimum atomic E-state index is -1.98. The molecule has 10 atom stereocenters. The van der Waals surface area contributed by atoms with Crippen LogP contribution in [0.25, 0.3) is 0 Å². The number of aliphatic hydroxyl groups is 1. The van der Waals surface area contributed by atoms with Gasteiger partial charge in [0.2, 0.25) is 0 Å². The fraction of sp³-hybridized carbons (Fsp3) is 0.300. The normalized spacial score (nSPS) is 22.7. The highest BCUT2D eigenvalue weighted by molar-refractivity contribution is 6.76. The molecule has 412 valence electrons. The van der Waals surface area contributed by atoms with Crippen molar-refractivity contribution in [1.82, 2.24) is 0 Å². The summed E-state index contributed by atoms with van der Waals surface area (Å²) in [6, 6.07) is 46.0. The van der Waals surface area contributed by atoms with Crippen molar-refractivity contribution in [3.8, 4) is 5.75 Å². The van der Waals surface area contributed by atoms with Crippen LogP contribution in [-0.2, 0) is 47.4 Å². The fourth-order valence-corrected chi connectivity index (χ4v) is 9.27. The molecule has 6 aromatic carbocycles. The second-order valence-corrected chi connectivity index (χ2v) is 25.2. The van der Waals surface area contributed by atoms with Gasteiger partial charge in [-0.25, -0.2) is 28.8 Å². The van der Waals surface area contributed by atoms with Gasteiger partial charge in [0, 0.05) is 14.7 Å². The van der Waals surface area contributed by atoms with Crippen LogP contribution in [-0.4, -0.2) is 137 Å². The van der Waals surface area contributed by atoms with Gasteiger partial charge in [-0.2, -0.15) is 0 Å². The summed E-state index contributed by atoms with van der Waals surface area (Å²) in [5.74, 6) is -5.07. The zero-order chi connectivity index (χ0) is 55.9.